The van der Waals surface area contributed by atoms with Gasteiger partial charge < -0.3 is 19.5 Å². The van der Waals surface area contributed by atoms with Crippen LogP contribution in [0.4, 0.5) is 0 Å². The number of carbonyl (C=O) groups excluding carboxylic acids is 2. The Morgan fingerprint density at radius 3 is 2.30 bits per heavy atom. The highest BCUT2D eigenvalue weighted by Gasteiger charge is 2.47. The second kappa shape index (κ2) is 9.02. The molecule has 0 saturated carbocycles. The molecule has 2 aliphatic heterocycles. The van der Waals surface area contributed by atoms with Crippen LogP contribution in [-0.4, -0.2) is 48.1 Å². The maximum Gasteiger partial charge on any atom is 0.295 e. The third-order valence-corrected chi connectivity index (χ3v) is 6.42. The van der Waals surface area contributed by atoms with Crippen molar-refractivity contribution in [2.75, 3.05) is 20.3 Å². The van der Waals surface area contributed by atoms with Gasteiger partial charge >= 0.3 is 0 Å². The van der Waals surface area contributed by atoms with Gasteiger partial charge in [-0.25, -0.2) is 0 Å². The third-order valence-electron chi connectivity index (χ3n) is 6.42. The van der Waals surface area contributed by atoms with E-state index >= 15 is 0 Å². The van der Waals surface area contributed by atoms with Crippen molar-refractivity contribution in [3.05, 3.63) is 70.8 Å². The fraction of sp³-hybridized carbons (Fsp3) is 0.407. The number of methoxy groups -OCH3 is 1. The minimum Gasteiger partial charge on any atom is -0.507 e. The number of hydrogen-bond acceptors (Lipinski definition) is 5. The Bertz CT molecular complexity index is 1060. The Balaban J connectivity index is 1.80. The first kappa shape index (κ1) is 23.1. The van der Waals surface area contributed by atoms with Crippen LogP contribution in [0.5, 0.6) is 5.75 Å². The predicted molar refractivity (Wildman–Crippen MR) is 126 cm³/mol. The van der Waals surface area contributed by atoms with E-state index in [2.05, 4.69) is 20.8 Å². The van der Waals surface area contributed by atoms with Crippen molar-refractivity contribution < 1.29 is 24.2 Å². The van der Waals surface area contributed by atoms with Crippen molar-refractivity contribution in [3.63, 3.8) is 0 Å². The van der Waals surface area contributed by atoms with E-state index < -0.39 is 17.7 Å². The van der Waals surface area contributed by atoms with Gasteiger partial charge in [0.1, 0.15) is 11.5 Å². The standard InChI is InChI=1S/C27H31NO5/c1-27(2,3)19-11-7-17(8-12-19)23-22(24(29)18-9-13-20(32-4)14-10-18)25(30)26(31)28(23)16-21-6-5-15-33-21/h7-14,21,23,29H,5-6,15-16H2,1-4H3/b24-22+/t21-,23-/m0/s1. The van der Waals surface area contributed by atoms with E-state index in [1.54, 1.807) is 36.3 Å². The lowest BCUT2D eigenvalue weighted by Gasteiger charge is -2.28. The summed E-state index contributed by atoms with van der Waals surface area (Å²) in [5.41, 5.74) is 2.47. The van der Waals surface area contributed by atoms with Crippen LogP contribution in [-0.2, 0) is 19.7 Å². The van der Waals surface area contributed by atoms with Crippen molar-refractivity contribution >= 4 is 17.4 Å². The van der Waals surface area contributed by atoms with Gasteiger partial charge in [-0.2, -0.15) is 0 Å². The summed E-state index contributed by atoms with van der Waals surface area (Å²) in [6.07, 6.45) is 1.67. The summed E-state index contributed by atoms with van der Waals surface area (Å²) < 4.78 is 10.9. The highest BCUT2D eigenvalue weighted by Crippen LogP contribution is 2.40. The summed E-state index contributed by atoms with van der Waals surface area (Å²) in [6.45, 7) is 7.38. The second-order valence-corrected chi connectivity index (χ2v) is 9.69. The van der Waals surface area contributed by atoms with E-state index in [1.165, 1.54) is 0 Å². The molecule has 6 nitrogen and oxygen atoms in total. The molecule has 0 unspecified atom stereocenters. The van der Waals surface area contributed by atoms with Gasteiger partial charge in [0.05, 0.1) is 24.8 Å². The quantitative estimate of drug-likeness (QED) is 0.410. The normalized spacial score (nSPS) is 22.7. The molecule has 0 aromatic heterocycles. The van der Waals surface area contributed by atoms with Crippen LogP contribution in [0.1, 0.15) is 56.3 Å². The third kappa shape index (κ3) is 4.53. The monoisotopic (exact) mass is 449 g/mol. The lowest BCUT2D eigenvalue weighted by atomic mass is 9.85. The smallest absolute Gasteiger partial charge is 0.295 e. The van der Waals surface area contributed by atoms with Gasteiger partial charge in [-0.3, -0.25) is 9.59 Å². The van der Waals surface area contributed by atoms with Gasteiger partial charge in [0.2, 0.25) is 0 Å². The van der Waals surface area contributed by atoms with Crippen molar-refractivity contribution in [2.24, 2.45) is 0 Å². The summed E-state index contributed by atoms with van der Waals surface area (Å²) in [4.78, 5) is 27.8. The summed E-state index contributed by atoms with van der Waals surface area (Å²) in [5, 5.41) is 11.2. The Hall–Kier alpha value is -3.12. The number of aliphatic hydroxyl groups is 1. The molecule has 174 valence electrons. The molecule has 2 heterocycles. The topological polar surface area (TPSA) is 76.1 Å². The minimum absolute atomic E-state index is 0.0267. The first-order valence-electron chi connectivity index (χ1n) is 11.4. The predicted octanol–water partition coefficient (Wildman–Crippen LogP) is 4.59. The molecule has 0 radical (unpaired) electrons. The summed E-state index contributed by atoms with van der Waals surface area (Å²) in [5.74, 6) is -0.827. The van der Waals surface area contributed by atoms with Crippen molar-refractivity contribution in [1.82, 2.24) is 4.90 Å². The molecule has 2 saturated heterocycles. The van der Waals surface area contributed by atoms with Crippen LogP contribution < -0.4 is 4.74 Å². The molecule has 6 heteroatoms. The molecule has 33 heavy (non-hydrogen) atoms. The average molecular weight is 450 g/mol. The van der Waals surface area contributed by atoms with Crippen LogP contribution in [0, 0.1) is 0 Å². The Morgan fingerprint density at radius 1 is 1.09 bits per heavy atom. The maximum absolute atomic E-state index is 13.2. The van der Waals surface area contributed by atoms with Gasteiger partial charge in [0, 0.05) is 18.7 Å². The highest BCUT2D eigenvalue weighted by molar-refractivity contribution is 6.46. The van der Waals surface area contributed by atoms with Crippen molar-refractivity contribution in [3.8, 4) is 5.75 Å². The number of hydrogen-bond donors (Lipinski definition) is 1. The SMILES string of the molecule is COc1ccc(/C(O)=C2\C(=O)C(=O)N(C[C@@H]3CCCO3)[C@H]2c2ccc(C(C)(C)C)cc2)cc1. The number of ether oxygens (including phenoxy) is 2. The number of benzene rings is 2. The molecule has 2 aromatic rings. The molecule has 0 spiro atoms. The number of ketones is 1. The molecule has 2 atom stereocenters. The largest absolute Gasteiger partial charge is 0.507 e. The van der Waals surface area contributed by atoms with Crippen LogP contribution in [0.2, 0.25) is 0 Å². The summed E-state index contributed by atoms with van der Waals surface area (Å²) in [7, 11) is 1.56. The Morgan fingerprint density at radius 2 is 1.76 bits per heavy atom. The molecule has 0 bridgehead atoms. The van der Waals surface area contributed by atoms with E-state index in [-0.39, 0.29) is 22.9 Å². The van der Waals surface area contributed by atoms with Gasteiger partial charge in [0.25, 0.3) is 11.7 Å². The molecule has 2 aliphatic rings. The van der Waals surface area contributed by atoms with E-state index in [4.69, 9.17) is 9.47 Å². The number of rotatable bonds is 5. The fourth-order valence-electron chi connectivity index (χ4n) is 4.49. The van der Waals surface area contributed by atoms with Crippen LogP contribution in [0.15, 0.2) is 54.1 Å². The van der Waals surface area contributed by atoms with Crippen molar-refractivity contribution in [1.29, 1.82) is 0 Å². The molecule has 2 fully saturated rings. The van der Waals surface area contributed by atoms with E-state index in [1.807, 2.05) is 24.3 Å². The second-order valence-electron chi connectivity index (χ2n) is 9.69. The zero-order valence-corrected chi connectivity index (χ0v) is 19.6. The summed E-state index contributed by atoms with van der Waals surface area (Å²) >= 11 is 0. The van der Waals surface area contributed by atoms with Crippen LogP contribution >= 0.6 is 0 Å². The van der Waals surface area contributed by atoms with Gasteiger partial charge in [0.15, 0.2) is 0 Å². The zero-order chi connectivity index (χ0) is 23.8. The molecule has 1 amide bonds. The fourth-order valence-corrected chi connectivity index (χ4v) is 4.49. The van der Waals surface area contributed by atoms with E-state index in [9.17, 15) is 14.7 Å². The lowest BCUT2D eigenvalue weighted by Crippen LogP contribution is -2.36. The van der Waals surface area contributed by atoms with Crippen LogP contribution in [0.25, 0.3) is 5.76 Å². The number of likely N-dealkylation sites (tertiary alicyclic amines) is 1. The van der Waals surface area contributed by atoms with Gasteiger partial charge in [-0.15, -0.1) is 0 Å². The molecular formula is C27H31NO5. The van der Waals surface area contributed by atoms with E-state index in [0.717, 1.165) is 24.0 Å². The van der Waals surface area contributed by atoms with Gasteiger partial charge in [-0.1, -0.05) is 45.0 Å². The average Bonchev–Trinajstić information content (AvgIpc) is 3.40. The molecule has 0 aliphatic carbocycles. The lowest BCUT2D eigenvalue weighted by molar-refractivity contribution is -0.140. The number of aliphatic hydroxyl groups excluding tert-OH is 1. The maximum atomic E-state index is 13.2. The minimum atomic E-state index is -0.676. The van der Waals surface area contributed by atoms with Gasteiger partial charge in [-0.05, 0) is 53.6 Å². The molecule has 2 aromatic carbocycles. The van der Waals surface area contributed by atoms with E-state index in [0.29, 0.717) is 24.5 Å². The molecule has 1 N–H and O–H groups in total. The molecular weight excluding hydrogens is 418 g/mol. The highest BCUT2D eigenvalue weighted by atomic mass is 16.5. The first-order valence-corrected chi connectivity index (χ1v) is 11.4. The number of amides is 1. The zero-order valence-electron chi connectivity index (χ0n) is 19.6. The number of carbonyl (C=O) groups is 2. The van der Waals surface area contributed by atoms with Crippen LogP contribution in [0.3, 0.4) is 0 Å². The Kier molecular flexibility index (Phi) is 6.30. The number of nitrogens with zero attached hydrogens (tertiary/aromatic N) is 1. The molecule has 4 rings (SSSR count). The Labute approximate surface area is 194 Å². The first-order chi connectivity index (χ1) is 15.7. The summed E-state index contributed by atoms with van der Waals surface area (Å²) in [6, 6.07) is 14.1. The number of Topliss-reactive ketones (excluding diaryl/α,β-unsaturated/α-hetero) is 1. The van der Waals surface area contributed by atoms with Crippen molar-refractivity contribution in [2.45, 2.75) is 51.2 Å².